The van der Waals surface area contributed by atoms with Gasteiger partial charge in [-0.1, -0.05) is 47.0 Å². The van der Waals surface area contributed by atoms with Crippen LogP contribution in [-0.2, 0) is 11.3 Å². The third-order valence-electron chi connectivity index (χ3n) is 3.84. The Morgan fingerprint density at radius 3 is 2.40 bits per heavy atom. The number of aryl methyl sites for hydroxylation is 1. The Hall–Kier alpha value is -2.18. The van der Waals surface area contributed by atoms with E-state index in [1.807, 2.05) is 48.5 Å². The van der Waals surface area contributed by atoms with Gasteiger partial charge in [-0.3, -0.25) is 10.5 Å². The molecule has 0 aliphatic carbocycles. The minimum absolute atomic E-state index is 0. The molecule has 3 N–H and O–H groups in total. The summed E-state index contributed by atoms with van der Waals surface area (Å²) in [7, 11) is 0. The van der Waals surface area contributed by atoms with Crippen LogP contribution in [0.15, 0.2) is 48.5 Å². The maximum absolute atomic E-state index is 10.7. The van der Waals surface area contributed by atoms with Gasteiger partial charge in [-0.05, 0) is 24.6 Å². The lowest BCUT2D eigenvalue weighted by Crippen LogP contribution is -3.00. The fraction of sp³-hybridized carbons (Fsp3) is 0.167. The molecule has 0 amide bonds. The zero-order chi connectivity index (χ0) is 17.1. The molecule has 2 aromatic carbocycles. The summed E-state index contributed by atoms with van der Waals surface area (Å²) in [5.41, 5.74) is 7.97. The summed E-state index contributed by atoms with van der Waals surface area (Å²) < 4.78 is 1.68. The second-order valence-corrected chi connectivity index (χ2v) is 5.94. The van der Waals surface area contributed by atoms with Gasteiger partial charge in [0.05, 0.1) is 5.39 Å². The van der Waals surface area contributed by atoms with E-state index < -0.39 is 5.97 Å². The van der Waals surface area contributed by atoms with Crippen LogP contribution in [0.1, 0.15) is 12.8 Å². The third-order valence-corrected chi connectivity index (χ3v) is 4.09. The van der Waals surface area contributed by atoms with Crippen molar-refractivity contribution in [2.24, 2.45) is 0 Å². The predicted molar refractivity (Wildman–Crippen MR) is 93.7 cm³/mol. The van der Waals surface area contributed by atoms with E-state index in [2.05, 4.69) is 5.10 Å². The lowest BCUT2D eigenvalue weighted by Gasteiger charge is -2.09. The van der Waals surface area contributed by atoms with E-state index in [4.69, 9.17) is 22.4 Å². The third kappa shape index (κ3) is 4.27. The number of carbonyl (C=O) groups is 1. The summed E-state index contributed by atoms with van der Waals surface area (Å²) in [5.74, 6) is -0.290. The number of halogens is 2. The zero-order valence-electron chi connectivity index (χ0n) is 13.3. The van der Waals surface area contributed by atoms with Crippen molar-refractivity contribution in [1.82, 2.24) is 5.10 Å². The number of fused-ring (bicyclic) bond motifs is 1. The van der Waals surface area contributed by atoms with Crippen LogP contribution in [0, 0.1) is 0 Å². The molecule has 0 aliphatic rings. The first-order valence-electron chi connectivity index (χ1n) is 7.62. The molecule has 25 heavy (non-hydrogen) atoms. The van der Waals surface area contributed by atoms with Crippen LogP contribution >= 0.6 is 11.6 Å². The number of hydrogen-bond donors (Lipinski definition) is 2. The molecule has 3 aromatic rings. The predicted octanol–water partition coefficient (Wildman–Crippen LogP) is 0.294. The van der Waals surface area contributed by atoms with Gasteiger partial charge in [-0.25, -0.2) is 0 Å². The molecule has 0 radical (unpaired) electrons. The highest BCUT2D eigenvalue weighted by atomic mass is 79.9. The van der Waals surface area contributed by atoms with Crippen molar-refractivity contribution in [2.45, 2.75) is 19.4 Å². The Balaban J connectivity index is 0.00000225. The van der Waals surface area contributed by atoms with Crippen molar-refractivity contribution in [3.63, 3.8) is 0 Å². The molecule has 0 bridgehead atoms. The van der Waals surface area contributed by atoms with Crippen molar-refractivity contribution in [2.75, 3.05) is 5.73 Å². The molecule has 0 saturated carbocycles. The molecule has 0 saturated heterocycles. The Bertz CT molecular complexity index is 901. The highest BCUT2D eigenvalue weighted by molar-refractivity contribution is 6.30. The molecule has 7 heteroatoms. The maximum Gasteiger partial charge on any atom is 0.303 e. The summed E-state index contributed by atoms with van der Waals surface area (Å²) in [6.07, 6.45) is 0.548. The molecule has 0 spiro atoms. The average Bonchev–Trinajstić information content (AvgIpc) is 2.58. The molecule has 3 rings (SSSR count). The number of rotatable bonds is 5. The molecule has 0 fully saturated rings. The van der Waals surface area contributed by atoms with Crippen LogP contribution < -0.4 is 27.4 Å². The number of carboxylic acid groups (broad SMARTS) is 1. The summed E-state index contributed by atoms with van der Waals surface area (Å²) >= 11 is 5.97. The van der Waals surface area contributed by atoms with E-state index in [9.17, 15) is 4.79 Å². The lowest BCUT2D eigenvalue weighted by atomic mass is 10.0. The Labute approximate surface area is 160 Å². The van der Waals surface area contributed by atoms with Crippen LogP contribution in [0.5, 0.6) is 0 Å². The van der Waals surface area contributed by atoms with Crippen molar-refractivity contribution >= 4 is 34.2 Å². The van der Waals surface area contributed by atoms with E-state index in [1.54, 1.807) is 4.68 Å². The maximum atomic E-state index is 10.7. The quantitative estimate of drug-likeness (QED) is 0.580. The SMILES string of the molecule is Nc1c2ccccc2c(-c2ccc(Cl)cc2)n[n+]1CCCC(=O)O.[Br-]. The zero-order valence-corrected chi connectivity index (χ0v) is 15.7. The number of nitrogen functional groups attached to an aromatic ring is 1. The molecule has 130 valence electrons. The number of nitrogens with two attached hydrogens (primary N) is 1. The molecular weight excluding hydrogens is 406 g/mol. The molecule has 1 aromatic heterocycles. The van der Waals surface area contributed by atoms with Crippen molar-refractivity contribution in [3.8, 4) is 11.3 Å². The van der Waals surface area contributed by atoms with Gasteiger partial charge in [0.25, 0.3) is 0 Å². The van der Waals surface area contributed by atoms with Gasteiger partial charge in [0.15, 0.2) is 0 Å². The Morgan fingerprint density at radius 2 is 1.76 bits per heavy atom. The van der Waals surface area contributed by atoms with E-state index in [0.717, 1.165) is 22.0 Å². The van der Waals surface area contributed by atoms with Gasteiger partial charge in [-0.15, -0.1) is 4.68 Å². The fourth-order valence-electron chi connectivity index (χ4n) is 2.65. The number of hydrogen-bond acceptors (Lipinski definition) is 3. The van der Waals surface area contributed by atoms with Crippen molar-refractivity contribution in [1.29, 1.82) is 0 Å². The van der Waals surface area contributed by atoms with Gasteiger partial charge in [0.1, 0.15) is 12.2 Å². The summed E-state index contributed by atoms with van der Waals surface area (Å²) in [6, 6.07) is 15.2. The van der Waals surface area contributed by atoms with E-state index in [-0.39, 0.29) is 23.4 Å². The molecule has 5 nitrogen and oxygen atoms in total. The number of aromatic nitrogens is 2. The van der Waals surface area contributed by atoms with Gasteiger partial charge in [0, 0.05) is 22.4 Å². The fourth-order valence-corrected chi connectivity index (χ4v) is 2.78. The number of carboxylic acids is 1. The van der Waals surface area contributed by atoms with Crippen LogP contribution in [0.3, 0.4) is 0 Å². The topological polar surface area (TPSA) is 80.1 Å². The second-order valence-electron chi connectivity index (χ2n) is 5.51. The van der Waals surface area contributed by atoms with Crippen molar-refractivity contribution in [3.05, 3.63) is 53.6 Å². The monoisotopic (exact) mass is 421 g/mol. The van der Waals surface area contributed by atoms with E-state index in [0.29, 0.717) is 23.8 Å². The minimum atomic E-state index is -0.826. The number of nitrogens with zero attached hydrogens (tertiary/aromatic N) is 2. The highest BCUT2D eigenvalue weighted by Crippen LogP contribution is 2.28. The first-order valence-corrected chi connectivity index (χ1v) is 8.00. The normalized spacial score (nSPS) is 10.4. The van der Waals surface area contributed by atoms with Gasteiger partial charge in [-0.2, -0.15) is 0 Å². The largest absolute Gasteiger partial charge is 1.00 e. The summed E-state index contributed by atoms with van der Waals surface area (Å²) in [5, 5.41) is 16.0. The molecule has 0 aliphatic heterocycles. The molecule has 0 unspecified atom stereocenters. The van der Waals surface area contributed by atoms with Gasteiger partial charge >= 0.3 is 11.8 Å². The Morgan fingerprint density at radius 1 is 1.12 bits per heavy atom. The number of aliphatic carboxylic acids is 1. The Kier molecular flexibility index (Phi) is 6.33. The molecule has 0 atom stereocenters. The molecular formula is C18H17BrClN3O2. The number of anilines is 1. The van der Waals surface area contributed by atoms with Crippen LogP contribution in [0.2, 0.25) is 5.02 Å². The first-order chi connectivity index (χ1) is 11.6. The standard InChI is InChI=1S/C18H16ClN3O2.BrH/c19-13-9-7-12(8-10-13)17-14-4-1-2-5-15(14)18(20)22(21-17)11-3-6-16(23)24;/h1-2,4-5,7-10,20H,3,6,11H2,(H,23,24);1H. The lowest BCUT2D eigenvalue weighted by molar-refractivity contribution is -0.738. The number of benzene rings is 2. The van der Waals surface area contributed by atoms with Crippen molar-refractivity contribution < 1.29 is 31.6 Å². The van der Waals surface area contributed by atoms with Crippen LogP contribution in [-0.4, -0.2) is 16.2 Å². The summed E-state index contributed by atoms with van der Waals surface area (Å²) in [6.45, 7) is 0.448. The summed E-state index contributed by atoms with van der Waals surface area (Å²) in [4.78, 5) is 10.7. The first kappa shape index (κ1) is 19.1. The van der Waals surface area contributed by atoms with Gasteiger partial charge in [0.2, 0.25) is 0 Å². The minimum Gasteiger partial charge on any atom is -1.00 e. The van der Waals surface area contributed by atoms with E-state index >= 15 is 0 Å². The highest BCUT2D eigenvalue weighted by Gasteiger charge is 2.17. The second kappa shape index (κ2) is 8.27. The van der Waals surface area contributed by atoms with Crippen LogP contribution in [0.4, 0.5) is 5.82 Å². The van der Waals surface area contributed by atoms with Gasteiger partial charge < -0.3 is 22.1 Å². The molecule has 1 heterocycles. The average molecular weight is 423 g/mol. The van der Waals surface area contributed by atoms with E-state index in [1.165, 1.54) is 0 Å². The smallest absolute Gasteiger partial charge is 0.303 e. The van der Waals surface area contributed by atoms with Crippen LogP contribution in [0.25, 0.3) is 22.0 Å².